The topological polar surface area (TPSA) is 54.0 Å². The van der Waals surface area contributed by atoms with Gasteiger partial charge >= 0.3 is 0 Å². The number of hydrogen-bond acceptors (Lipinski definition) is 6. The number of rotatable bonds is 9. The molecular formula is C22H31N3O3S. The van der Waals surface area contributed by atoms with Gasteiger partial charge in [-0.25, -0.2) is 0 Å². The first-order valence-corrected chi connectivity index (χ1v) is 11.0. The lowest BCUT2D eigenvalue weighted by Crippen LogP contribution is -2.49. The summed E-state index contributed by atoms with van der Waals surface area (Å²) in [7, 11) is 3.27. The zero-order valence-electron chi connectivity index (χ0n) is 17.5. The zero-order valence-corrected chi connectivity index (χ0v) is 18.3. The van der Waals surface area contributed by atoms with E-state index < -0.39 is 0 Å². The second-order valence-electron chi connectivity index (χ2n) is 7.34. The highest BCUT2D eigenvalue weighted by atomic mass is 32.1. The van der Waals surface area contributed by atoms with Crippen molar-refractivity contribution < 1.29 is 14.3 Å². The Balaban J connectivity index is 1.44. The van der Waals surface area contributed by atoms with Gasteiger partial charge in [0.15, 0.2) is 0 Å². The standard InChI is InChI=1S/C22H31N3O3S/c1-17(20-15-18(27-2)6-7-21(20)28-3)23-22(26)16-25-12-10-24(11-13-25)9-8-19-5-4-14-29-19/h4-7,14-15,17H,8-13,16H2,1-3H3,(H,23,26). The van der Waals surface area contributed by atoms with E-state index in [1.165, 1.54) is 4.88 Å². The van der Waals surface area contributed by atoms with Crippen LogP contribution in [0.2, 0.25) is 0 Å². The summed E-state index contributed by atoms with van der Waals surface area (Å²) in [6.07, 6.45) is 1.11. The molecule has 29 heavy (non-hydrogen) atoms. The fourth-order valence-corrected chi connectivity index (χ4v) is 4.34. The van der Waals surface area contributed by atoms with E-state index in [0.29, 0.717) is 6.54 Å². The minimum atomic E-state index is -0.153. The molecule has 0 spiro atoms. The number of ether oxygens (including phenoxy) is 2. The summed E-state index contributed by atoms with van der Waals surface area (Å²) in [6.45, 7) is 7.36. The highest BCUT2D eigenvalue weighted by Gasteiger charge is 2.21. The number of amides is 1. The van der Waals surface area contributed by atoms with Gasteiger partial charge in [0.2, 0.25) is 5.91 Å². The molecule has 1 saturated heterocycles. The van der Waals surface area contributed by atoms with Crippen LogP contribution in [0.5, 0.6) is 11.5 Å². The fourth-order valence-electron chi connectivity index (χ4n) is 3.64. The third kappa shape index (κ3) is 6.19. The van der Waals surface area contributed by atoms with Crippen LogP contribution in [0.15, 0.2) is 35.7 Å². The molecule has 0 bridgehead atoms. The van der Waals surface area contributed by atoms with Gasteiger partial charge in [-0.15, -0.1) is 11.3 Å². The van der Waals surface area contributed by atoms with E-state index in [1.807, 2.05) is 36.5 Å². The molecule has 0 aliphatic carbocycles. The van der Waals surface area contributed by atoms with E-state index in [4.69, 9.17) is 9.47 Å². The molecule has 1 atom stereocenters. The fraction of sp³-hybridized carbons (Fsp3) is 0.500. The van der Waals surface area contributed by atoms with Crippen LogP contribution in [0.25, 0.3) is 0 Å². The molecule has 3 rings (SSSR count). The van der Waals surface area contributed by atoms with Crippen LogP contribution in [-0.4, -0.2) is 69.2 Å². The largest absolute Gasteiger partial charge is 0.497 e. The molecule has 1 aliphatic rings. The highest BCUT2D eigenvalue weighted by molar-refractivity contribution is 7.09. The molecular weight excluding hydrogens is 386 g/mol. The Hall–Kier alpha value is -2.09. The number of carbonyl (C=O) groups is 1. The molecule has 1 aromatic heterocycles. The Bertz CT molecular complexity index is 774. The minimum Gasteiger partial charge on any atom is -0.497 e. The molecule has 158 valence electrons. The van der Waals surface area contributed by atoms with Crippen LogP contribution < -0.4 is 14.8 Å². The maximum absolute atomic E-state index is 12.6. The smallest absolute Gasteiger partial charge is 0.234 e. The van der Waals surface area contributed by atoms with Gasteiger partial charge < -0.3 is 19.7 Å². The van der Waals surface area contributed by atoms with Gasteiger partial charge in [0.25, 0.3) is 0 Å². The zero-order chi connectivity index (χ0) is 20.6. The molecule has 2 aromatic rings. The van der Waals surface area contributed by atoms with Crippen molar-refractivity contribution in [3.8, 4) is 11.5 Å². The molecule has 1 aliphatic heterocycles. The number of carbonyl (C=O) groups excluding carboxylic acids is 1. The summed E-state index contributed by atoms with van der Waals surface area (Å²) in [5, 5.41) is 5.23. The molecule has 7 heteroatoms. The Kier molecular flexibility index (Phi) is 7.91. The van der Waals surface area contributed by atoms with E-state index in [1.54, 1.807) is 14.2 Å². The molecule has 1 amide bonds. The molecule has 6 nitrogen and oxygen atoms in total. The SMILES string of the molecule is COc1ccc(OC)c(C(C)NC(=O)CN2CCN(CCc3cccs3)CC2)c1. The van der Waals surface area contributed by atoms with Gasteiger partial charge in [-0.2, -0.15) is 0 Å². The first-order valence-electron chi connectivity index (χ1n) is 10.1. The summed E-state index contributed by atoms with van der Waals surface area (Å²) < 4.78 is 10.7. The molecule has 1 unspecified atom stereocenters. The number of methoxy groups -OCH3 is 2. The molecule has 1 N–H and O–H groups in total. The maximum atomic E-state index is 12.6. The normalized spacial score (nSPS) is 16.4. The Morgan fingerprint density at radius 1 is 1.14 bits per heavy atom. The number of hydrogen-bond donors (Lipinski definition) is 1. The van der Waals surface area contributed by atoms with Gasteiger partial charge in [-0.1, -0.05) is 6.07 Å². The predicted octanol–water partition coefficient (Wildman–Crippen LogP) is 2.80. The Morgan fingerprint density at radius 2 is 1.90 bits per heavy atom. The van der Waals surface area contributed by atoms with Crippen molar-refractivity contribution in [2.45, 2.75) is 19.4 Å². The van der Waals surface area contributed by atoms with Crippen molar-refractivity contribution in [1.82, 2.24) is 15.1 Å². The first kappa shape index (κ1) is 21.6. The molecule has 0 radical (unpaired) electrons. The van der Waals surface area contributed by atoms with Gasteiger partial charge in [-0.05, 0) is 43.0 Å². The number of nitrogens with zero attached hydrogens (tertiary/aromatic N) is 2. The average Bonchev–Trinajstić information content (AvgIpc) is 3.26. The second kappa shape index (κ2) is 10.6. The van der Waals surface area contributed by atoms with Crippen molar-refractivity contribution in [2.24, 2.45) is 0 Å². The summed E-state index contributed by atoms with van der Waals surface area (Å²) in [6, 6.07) is 9.79. The quantitative estimate of drug-likeness (QED) is 0.680. The van der Waals surface area contributed by atoms with Crippen LogP contribution in [0.4, 0.5) is 0 Å². The van der Waals surface area contributed by atoms with Gasteiger partial charge in [0.1, 0.15) is 11.5 Å². The van der Waals surface area contributed by atoms with Crippen molar-refractivity contribution in [3.05, 3.63) is 46.2 Å². The maximum Gasteiger partial charge on any atom is 0.234 e. The van der Waals surface area contributed by atoms with Crippen molar-refractivity contribution in [1.29, 1.82) is 0 Å². The van der Waals surface area contributed by atoms with Crippen LogP contribution in [0.1, 0.15) is 23.4 Å². The van der Waals surface area contributed by atoms with Crippen LogP contribution in [0.3, 0.4) is 0 Å². The third-order valence-corrected chi connectivity index (χ3v) is 6.30. The van der Waals surface area contributed by atoms with E-state index in [2.05, 4.69) is 32.6 Å². The second-order valence-corrected chi connectivity index (χ2v) is 8.38. The molecule has 2 heterocycles. The van der Waals surface area contributed by atoms with E-state index in [9.17, 15) is 4.79 Å². The minimum absolute atomic E-state index is 0.0365. The first-order chi connectivity index (χ1) is 14.1. The van der Waals surface area contributed by atoms with E-state index >= 15 is 0 Å². The van der Waals surface area contributed by atoms with Crippen LogP contribution in [-0.2, 0) is 11.2 Å². The molecule has 1 aromatic carbocycles. The Morgan fingerprint density at radius 3 is 2.55 bits per heavy atom. The third-order valence-electron chi connectivity index (χ3n) is 5.37. The van der Waals surface area contributed by atoms with Crippen LogP contribution in [0, 0.1) is 0 Å². The van der Waals surface area contributed by atoms with E-state index in [-0.39, 0.29) is 11.9 Å². The molecule has 0 saturated carbocycles. The Labute approximate surface area is 177 Å². The van der Waals surface area contributed by atoms with Crippen molar-refractivity contribution in [3.63, 3.8) is 0 Å². The summed E-state index contributed by atoms with van der Waals surface area (Å²) in [5.74, 6) is 1.54. The van der Waals surface area contributed by atoms with Gasteiger partial charge in [0, 0.05) is 43.2 Å². The van der Waals surface area contributed by atoms with Crippen molar-refractivity contribution in [2.75, 3.05) is 53.5 Å². The number of benzene rings is 1. The summed E-state index contributed by atoms with van der Waals surface area (Å²) >= 11 is 1.82. The number of thiophene rings is 1. The lowest BCUT2D eigenvalue weighted by atomic mass is 10.1. The lowest BCUT2D eigenvalue weighted by Gasteiger charge is -2.34. The van der Waals surface area contributed by atoms with Crippen LogP contribution >= 0.6 is 11.3 Å². The van der Waals surface area contributed by atoms with Gasteiger partial charge in [-0.3, -0.25) is 9.69 Å². The number of nitrogens with one attached hydrogen (secondary N) is 1. The summed E-state index contributed by atoms with van der Waals surface area (Å²) in [4.78, 5) is 18.7. The monoisotopic (exact) mass is 417 g/mol. The van der Waals surface area contributed by atoms with Crippen molar-refractivity contribution >= 4 is 17.2 Å². The summed E-state index contributed by atoms with van der Waals surface area (Å²) in [5.41, 5.74) is 0.915. The van der Waals surface area contributed by atoms with E-state index in [0.717, 1.165) is 56.2 Å². The predicted molar refractivity (Wildman–Crippen MR) is 117 cm³/mol. The lowest BCUT2D eigenvalue weighted by molar-refractivity contribution is -0.123. The number of piperazine rings is 1. The molecule has 1 fully saturated rings. The van der Waals surface area contributed by atoms with Gasteiger partial charge in [0.05, 0.1) is 26.8 Å². The highest BCUT2D eigenvalue weighted by Crippen LogP contribution is 2.29. The average molecular weight is 418 g/mol.